The molecule has 2 aromatic heterocycles. The van der Waals surface area contributed by atoms with Crippen LogP contribution in [0.25, 0.3) is 0 Å². The molecule has 2 N–H and O–H groups in total. The number of imidazole rings is 1. The molecule has 18 heavy (non-hydrogen) atoms. The molecule has 2 heterocycles. The summed E-state index contributed by atoms with van der Waals surface area (Å²) in [5, 5.41) is 2.85. The summed E-state index contributed by atoms with van der Waals surface area (Å²) in [5.41, 5.74) is 2.18. The Labute approximate surface area is 105 Å². The van der Waals surface area contributed by atoms with Crippen molar-refractivity contribution < 1.29 is 4.79 Å². The van der Waals surface area contributed by atoms with Gasteiger partial charge in [-0.15, -0.1) is 0 Å². The number of fused-ring (bicyclic) bond motifs is 1. The van der Waals surface area contributed by atoms with Gasteiger partial charge in [0.05, 0.1) is 12.0 Å². The van der Waals surface area contributed by atoms with E-state index in [0.717, 1.165) is 30.7 Å². The number of pyridine rings is 1. The van der Waals surface area contributed by atoms with E-state index in [1.807, 2.05) is 12.1 Å². The average molecular weight is 242 g/mol. The van der Waals surface area contributed by atoms with Crippen LogP contribution in [0.1, 0.15) is 17.8 Å². The van der Waals surface area contributed by atoms with Gasteiger partial charge in [-0.25, -0.2) is 9.97 Å². The first-order valence-electron chi connectivity index (χ1n) is 6.06. The van der Waals surface area contributed by atoms with Gasteiger partial charge >= 0.3 is 0 Å². The summed E-state index contributed by atoms with van der Waals surface area (Å²) in [6, 6.07) is 5.48. The number of H-pyrrole nitrogens is 1. The Morgan fingerprint density at radius 3 is 3.17 bits per heavy atom. The van der Waals surface area contributed by atoms with Crippen molar-refractivity contribution in [3.63, 3.8) is 0 Å². The van der Waals surface area contributed by atoms with E-state index in [0.29, 0.717) is 5.82 Å². The van der Waals surface area contributed by atoms with Crippen LogP contribution in [0.15, 0.2) is 30.7 Å². The lowest BCUT2D eigenvalue weighted by Crippen LogP contribution is -2.28. The summed E-state index contributed by atoms with van der Waals surface area (Å²) < 4.78 is 0. The summed E-state index contributed by atoms with van der Waals surface area (Å²) in [5.74, 6) is 0.645. The van der Waals surface area contributed by atoms with Gasteiger partial charge in [-0.1, -0.05) is 6.07 Å². The van der Waals surface area contributed by atoms with Crippen molar-refractivity contribution in [1.29, 1.82) is 0 Å². The minimum atomic E-state index is -0.0000406. The van der Waals surface area contributed by atoms with Crippen molar-refractivity contribution in [3.05, 3.63) is 42.1 Å². The van der Waals surface area contributed by atoms with Gasteiger partial charge in [0.15, 0.2) is 0 Å². The lowest BCUT2D eigenvalue weighted by molar-refractivity contribution is -0.120. The Bertz CT molecular complexity index is 549. The number of nitrogens with zero attached hydrogens (tertiary/aromatic N) is 2. The second kappa shape index (κ2) is 4.60. The number of nitrogens with one attached hydrogen (secondary N) is 2. The first-order valence-corrected chi connectivity index (χ1v) is 6.06. The fourth-order valence-electron chi connectivity index (χ4n) is 2.29. The van der Waals surface area contributed by atoms with Crippen molar-refractivity contribution >= 4 is 11.7 Å². The highest BCUT2D eigenvalue weighted by atomic mass is 16.1. The molecular weight excluding hydrogens is 228 g/mol. The average Bonchev–Trinajstić information content (AvgIpc) is 2.87. The summed E-state index contributed by atoms with van der Waals surface area (Å²) in [7, 11) is 0. The molecule has 5 nitrogen and oxygen atoms in total. The number of aryl methyl sites for hydroxylation is 1. The topological polar surface area (TPSA) is 70.7 Å². The summed E-state index contributed by atoms with van der Waals surface area (Å²) in [6.45, 7) is 0. The summed E-state index contributed by atoms with van der Waals surface area (Å²) in [6.07, 6.45) is 5.80. The van der Waals surface area contributed by atoms with Crippen molar-refractivity contribution in [2.24, 2.45) is 5.92 Å². The quantitative estimate of drug-likeness (QED) is 0.839. The molecule has 0 spiro atoms. The molecule has 0 bridgehead atoms. The van der Waals surface area contributed by atoms with Gasteiger partial charge in [0.1, 0.15) is 5.82 Å². The van der Waals surface area contributed by atoms with Crippen LogP contribution in [0.2, 0.25) is 0 Å². The van der Waals surface area contributed by atoms with Gasteiger partial charge in [0, 0.05) is 24.2 Å². The molecule has 0 fully saturated rings. The Balaban J connectivity index is 1.68. The van der Waals surface area contributed by atoms with Crippen LogP contribution in [-0.2, 0) is 17.6 Å². The molecule has 1 aliphatic carbocycles. The summed E-state index contributed by atoms with van der Waals surface area (Å²) >= 11 is 0. The summed E-state index contributed by atoms with van der Waals surface area (Å²) in [4.78, 5) is 23.5. The number of hydrogen-bond acceptors (Lipinski definition) is 3. The van der Waals surface area contributed by atoms with Gasteiger partial charge in [0.25, 0.3) is 0 Å². The van der Waals surface area contributed by atoms with Crippen LogP contribution in [0.4, 0.5) is 5.82 Å². The fraction of sp³-hybridized carbons (Fsp3) is 0.308. The lowest BCUT2D eigenvalue weighted by Gasteiger charge is -2.20. The largest absolute Gasteiger partial charge is 0.348 e. The van der Waals surface area contributed by atoms with Crippen LogP contribution in [0.5, 0.6) is 0 Å². The highest BCUT2D eigenvalue weighted by molar-refractivity contribution is 5.91. The number of anilines is 1. The third-order valence-electron chi connectivity index (χ3n) is 3.27. The van der Waals surface area contributed by atoms with Crippen molar-refractivity contribution in [3.8, 4) is 0 Å². The highest BCUT2D eigenvalue weighted by Gasteiger charge is 2.26. The maximum Gasteiger partial charge on any atom is 0.229 e. The standard InChI is InChI=1S/C13H14N4O/c18-13(17-12-3-1-2-6-14-12)9-4-5-10-11(7-9)16-8-15-10/h1-3,6,8-9H,4-5,7H2,(H,15,16)(H,14,17,18)/t9-/m1/s1. The normalized spacial score (nSPS) is 18.1. The number of amides is 1. The van der Waals surface area contributed by atoms with Crippen LogP contribution in [0, 0.1) is 5.92 Å². The lowest BCUT2D eigenvalue weighted by atomic mass is 9.89. The van der Waals surface area contributed by atoms with Crippen molar-refractivity contribution in [2.45, 2.75) is 19.3 Å². The van der Waals surface area contributed by atoms with Crippen molar-refractivity contribution in [1.82, 2.24) is 15.0 Å². The van der Waals surface area contributed by atoms with E-state index >= 15 is 0 Å². The number of carbonyl (C=O) groups is 1. The predicted molar refractivity (Wildman–Crippen MR) is 67.0 cm³/mol. The fourth-order valence-corrected chi connectivity index (χ4v) is 2.29. The molecule has 0 saturated carbocycles. The molecule has 0 aliphatic heterocycles. The van der Waals surface area contributed by atoms with Gasteiger partial charge in [-0.2, -0.15) is 0 Å². The number of hydrogen-bond donors (Lipinski definition) is 2. The van der Waals surface area contributed by atoms with E-state index < -0.39 is 0 Å². The molecule has 3 rings (SSSR count). The smallest absolute Gasteiger partial charge is 0.229 e. The van der Waals surface area contributed by atoms with Crippen LogP contribution < -0.4 is 5.32 Å². The van der Waals surface area contributed by atoms with Gasteiger partial charge in [-0.3, -0.25) is 4.79 Å². The Hall–Kier alpha value is -2.17. The van der Waals surface area contributed by atoms with Crippen LogP contribution >= 0.6 is 0 Å². The third-order valence-corrected chi connectivity index (χ3v) is 3.27. The van der Waals surface area contributed by atoms with Crippen molar-refractivity contribution in [2.75, 3.05) is 5.32 Å². The molecule has 5 heteroatoms. The van der Waals surface area contributed by atoms with Crippen LogP contribution in [0.3, 0.4) is 0 Å². The Kier molecular flexibility index (Phi) is 2.80. The molecule has 1 amide bonds. The number of aromatic amines is 1. The first-order chi connectivity index (χ1) is 8.83. The minimum Gasteiger partial charge on any atom is -0.348 e. The molecule has 0 saturated heterocycles. The number of aromatic nitrogens is 3. The monoisotopic (exact) mass is 242 g/mol. The van der Waals surface area contributed by atoms with Gasteiger partial charge in [0.2, 0.25) is 5.91 Å². The SMILES string of the molecule is O=C(Nc1ccccn1)[C@@H]1CCc2nc[nH]c2C1. The zero-order valence-electron chi connectivity index (χ0n) is 9.89. The van der Waals surface area contributed by atoms with Crippen LogP contribution in [-0.4, -0.2) is 20.9 Å². The molecule has 0 unspecified atom stereocenters. The number of carbonyl (C=O) groups excluding carboxylic acids is 1. The Morgan fingerprint density at radius 1 is 1.39 bits per heavy atom. The second-order valence-corrected chi connectivity index (χ2v) is 4.47. The third kappa shape index (κ3) is 2.11. The molecule has 1 aliphatic rings. The minimum absolute atomic E-state index is 0.0000406. The zero-order chi connectivity index (χ0) is 12.4. The van der Waals surface area contributed by atoms with E-state index in [1.165, 1.54) is 0 Å². The first kappa shape index (κ1) is 11.0. The van der Waals surface area contributed by atoms with E-state index in [1.54, 1.807) is 18.6 Å². The highest BCUT2D eigenvalue weighted by Crippen LogP contribution is 2.23. The molecule has 0 aromatic carbocycles. The second-order valence-electron chi connectivity index (χ2n) is 4.47. The van der Waals surface area contributed by atoms with E-state index in [4.69, 9.17) is 0 Å². The maximum atomic E-state index is 12.1. The van der Waals surface area contributed by atoms with E-state index in [9.17, 15) is 4.79 Å². The Morgan fingerprint density at radius 2 is 2.33 bits per heavy atom. The van der Waals surface area contributed by atoms with Gasteiger partial charge in [-0.05, 0) is 25.0 Å². The molecule has 0 radical (unpaired) electrons. The molecular formula is C13H14N4O. The maximum absolute atomic E-state index is 12.1. The van der Waals surface area contributed by atoms with Gasteiger partial charge < -0.3 is 10.3 Å². The van der Waals surface area contributed by atoms with E-state index in [2.05, 4.69) is 20.3 Å². The molecule has 2 aromatic rings. The predicted octanol–water partition coefficient (Wildman–Crippen LogP) is 1.55. The zero-order valence-corrected chi connectivity index (χ0v) is 9.89. The molecule has 1 atom stereocenters. The number of rotatable bonds is 2. The molecule has 92 valence electrons. The van der Waals surface area contributed by atoms with E-state index in [-0.39, 0.29) is 11.8 Å².